The van der Waals surface area contributed by atoms with Crippen molar-refractivity contribution < 1.29 is 118 Å². The van der Waals surface area contributed by atoms with Gasteiger partial charge in [0.05, 0.1) is 39.1 Å². The molecule has 0 spiro atoms. The summed E-state index contributed by atoms with van der Waals surface area (Å²) in [7, 11) is 2.61. The van der Waals surface area contributed by atoms with Gasteiger partial charge in [-0.3, -0.25) is 0 Å². The molecule has 0 saturated carbocycles. The molecule has 1 aromatic heterocycles. The molecule has 13 N–H and O–H groups in total. The van der Waals surface area contributed by atoms with Gasteiger partial charge >= 0.3 is 17.3 Å². The third-order valence-electron chi connectivity index (χ3n) is 11.4. The summed E-state index contributed by atoms with van der Waals surface area (Å²) in [5, 5.41) is 137. The van der Waals surface area contributed by atoms with Crippen molar-refractivity contribution in [2.24, 2.45) is 0 Å². The summed E-state index contributed by atoms with van der Waals surface area (Å²) in [5.74, 6) is -2.62. The first-order valence-corrected chi connectivity index (χ1v) is 20.8. The summed E-state index contributed by atoms with van der Waals surface area (Å²) in [6.45, 7) is -2.40. The molecule has 24 nitrogen and oxygen atoms in total. The lowest BCUT2D eigenvalue weighted by Crippen LogP contribution is -2.65. The Morgan fingerprint density at radius 1 is 0.618 bits per heavy atom. The highest BCUT2D eigenvalue weighted by atomic mass is 16.8. The Morgan fingerprint density at radius 3 is 1.84 bits per heavy atom. The van der Waals surface area contributed by atoms with E-state index in [0.717, 1.165) is 18.2 Å². The zero-order chi connectivity index (χ0) is 49.1. The van der Waals surface area contributed by atoms with E-state index in [0.29, 0.717) is 5.56 Å². The van der Waals surface area contributed by atoms with Crippen molar-refractivity contribution in [3.63, 3.8) is 0 Å². The van der Waals surface area contributed by atoms with Crippen LogP contribution in [-0.2, 0) is 28.5 Å². The molecule has 3 fully saturated rings. The van der Waals surface area contributed by atoms with E-state index in [1.165, 1.54) is 62.8 Å². The van der Waals surface area contributed by atoms with Gasteiger partial charge in [0.2, 0.25) is 18.3 Å². The molecule has 0 aliphatic carbocycles. The van der Waals surface area contributed by atoms with Crippen LogP contribution in [0.4, 0.5) is 0 Å². The molecule has 4 aromatic rings. The summed E-state index contributed by atoms with van der Waals surface area (Å²) in [6, 6.07) is 11.7. The van der Waals surface area contributed by atoms with Crippen molar-refractivity contribution in [2.75, 3.05) is 34.0 Å². The fourth-order valence-corrected chi connectivity index (χ4v) is 7.58. The monoisotopic (exact) mass is 963 g/mol. The molecular formula is C44H51O24+. The second-order valence-corrected chi connectivity index (χ2v) is 15.8. The highest BCUT2D eigenvalue weighted by Crippen LogP contribution is 2.44. The number of aromatic hydroxyl groups is 3. The van der Waals surface area contributed by atoms with Crippen LogP contribution >= 0.6 is 0 Å². The second kappa shape index (κ2) is 21.3. The number of carbonyl (C=O) groups is 1. The second-order valence-electron chi connectivity index (χ2n) is 15.8. The van der Waals surface area contributed by atoms with Crippen LogP contribution in [0.25, 0.3) is 28.4 Å². The van der Waals surface area contributed by atoms with Crippen LogP contribution in [0.15, 0.2) is 65.1 Å². The quantitative estimate of drug-likeness (QED) is 0.0347. The summed E-state index contributed by atoms with van der Waals surface area (Å²) in [5.41, 5.74) is 0.418. The average Bonchev–Trinajstić information content (AvgIpc) is 3.33. The fraction of sp³-hybridized carbons (Fsp3) is 0.455. The number of phenols is 3. The molecule has 24 heteroatoms. The first-order valence-electron chi connectivity index (χ1n) is 20.8. The van der Waals surface area contributed by atoms with Gasteiger partial charge in [-0.15, -0.1) is 0 Å². The van der Waals surface area contributed by atoms with E-state index in [4.69, 9.17) is 47.0 Å². The lowest BCUT2D eigenvalue weighted by Gasteiger charge is -2.45. The number of fused-ring (bicyclic) bond motifs is 1. The van der Waals surface area contributed by atoms with E-state index in [9.17, 15) is 71.2 Å². The predicted molar refractivity (Wildman–Crippen MR) is 225 cm³/mol. The first kappa shape index (κ1) is 50.2. The van der Waals surface area contributed by atoms with E-state index in [1.807, 2.05) is 0 Å². The average molecular weight is 964 g/mol. The van der Waals surface area contributed by atoms with Crippen LogP contribution in [-0.4, -0.2) is 199 Å². The Kier molecular flexibility index (Phi) is 15.7. The van der Waals surface area contributed by atoms with Crippen LogP contribution in [0, 0.1) is 0 Å². The van der Waals surface area contributed by atoms with Crippen LogP contribution < -0.4 is 18.9 Å². The maximum Gasteiger partial charge on any atom is 0.402 e. The van der Waals surface area contributed by atoms with Crippen molar-refractivity contribution in [3.8, 4) is 51.6 Å². The molecule has 3 aliphatic rings. The van der Waals surface area contributed by atoms with Gasteiger partial charge in [-0.1, -0.05) is 6.07 Å². The number of hydrogen-bond donors (Lipinski definition) is 13. The molecule has 3 saturated heterocycles. The molecule has 7 rings (SSSR count). The highest BCUT2D eigenvalue weighted by molar-refractivity contribution is 5.89. The topological polar surface area (TPSA) is 374 Å². The third kappa shape index (κ3) is 10.5. The van der Waals surface area contributed by atoms with Gasteiger partial charge in [-0.2, -0.15) is 0 Å². The van der Waals surface area contributed by atoms with Gasteiger partial charge in [0.25, 0.3) is 0 Å². The van der Waals surface area contributed by atoms with Crippen LogP contribution in [0.5, 0.6) is 40.2 Å². The minimum atomic E-state index is -2.07. The maximum atomic E-state index is 12.9. The van der Waals surface area contributed by atoms with Crippen molar-refractivity contribution in [1.82, 2.24) is 0 Å². The maximum absolute atomic E-state index is 12.9. The summed E-state index contributed by atoms with van der Waals surface area (Å²) >= 11 is 0. The van der Waals surface area contributed by atoms with E-state index in [2.05, 4.69) is 0 Å². The molecule has 15 atom stereocenters. The van der Waals surface area contributed by atoms with Crippen molar-refractivity contribution >= 4 is 23.0 Å². The van der Waals surface area contributed by atoms with E-state index >= 15 is 0 Å². The van der Waals surface area contributed by atoms with Crippen molar-refractivity contribution in [3.05, 3.63) is 66.2 Å². The lowest BCUT2D eigenvalue weighted by molar-refractivity contribution is -0.357. The predicted octanol–water partition coefficient (Wildman–Crippen LogP) is -2.04. The molecule has 3 aromatic carbocycles. The number of aliphatic hydroxyl groups is 10. The Balaban J connectivity index is 1.28. The van der Waals surface area contributed by atoms with E-state index in [1.54, 1.807) is 0 Å². The number of carbonyl (C=O) groups excluding carboxylic acids is 1. The molecule has 3 aliphatic heterocycles. The van der Waals surface area contributed by atoms with E-state index < -0.39 is 124 Å². The zero-order valence-electron chi connectivity index (χ0n) is 35.9. The molecule has 7 unspecified atom stereocenters. The smallest absolute Gasteiger partial charge is 0.402 e. The highest BCUT2D eigenvalue weighted by Gasteiger charge is 2.52. The Labute approximate surface area is 384 Å². The molecule has 0 radical (unpaired) electrons. The number of benzene rings is 3. The summed E-state index contributed by atoms with van der Waals surface area (Å²) in [4.78, 5) is 12.9. The number of methoxy groups -OCH3 is 2. The van der Waals surface area contributed by atoms with Crippen molar-refractivity contribution in [2.45, 2.75) is 92.1 Å². The molecule has 0 bridgehead atoms. The normalized spacial score (nSPS) is 31.9. The molecule has 4 heterocycles. The summed E-state index contributed by atoms with van der Waals surface area (Å²) < 4.78 is 57.4. The van der Waals surface area contributed by atoms with Gasteiger partial charge in [0.15, 0.2) is 35.4 Å². The Bertz CT molecular complexity index is 2410. The molecule has 0 amide bonds. The van der Waals surface area contributed by atoms with Gasteiger partial charge < -0.3 is 109 Å². The molecule has 370 valence electrons. The molecular weight excluding hydrogens is 912 g/mol. The Morgan fingerprint density at radius 2 is 1.19 bits per heavy atom. The minimum absolute atomic E-state index is 0.0527. The minimum Gasteiger partial charge on any atom is -0.507 e. The van der Waals surface area contributed by atoms with Crippen LogP contribution in [0.2, 0.25) is 0 Å². The molecule has 68 heavy (non-hydrogen) atoms. The zero-order valence-corrected chi connectivity index (χ0v) is 35.9. The fourth-order valence-electron chi connectivity index (χ4n) is 7.58. The van der Waals surface area contributed by atoms with Gasteiger partial charge in [0.1, 0.15) is 90.6 Å². The van der Waals surface area contributed by atoms with Crippen LogP contribution in [0.3, 0.4) is 0 Å². The largest absolute Gasteiger partial charge is 0.507 e. The first-order chi connectivity index (χ1) is 32.5. The van der Waals surface area contributed by atoms with Gasteiger partial charge in [0, 0.05) is 24.3 Å². The van der Waals surface area contributed by atoms with Crippen LogP contribution in [0.1, 0.15) is 5.56 Å². The number of rotatable bonds is 15. The van der Waals surface area contributed by atoms with E-state index in [-0.39, 0.29) is 56.8 Å². The number of ether oxygens (including phenoxy) is 9. The lowest BCUT2D eigenvalue weighted by atomic mass is 9.97. The summed E-state index contributed by atoms with van der Waals surface area (Å²) in [6.07, 6.45) is -25.0. The van der Waals surface area contributed by atoms with Gasteiger partial charge in [-0.05, 0) is 35.9 Å². The third-order valence-corrected chi connectivity index (χ3v) is 11.4. The SMILES string of the molecule is COc1cc(/C=C/C(=O)OCC2O[C@@H](Oc3cc4c(O[C@@H]5OC(CO)[C@@H](O)[C@H](O)C5O)cc(O)cc4[o+]c3-c3ccc(O)c(OC)c3)C(O[C@@H]3OC(CO)[C@@H](O)C(O)[C@H]3O)C(O)[C@@H]2O)ccc1O. The number of phenolic OH excluding ortho intramolecular Hbond substituents is 3. The number of hydrogen-bond acceptors (Lipinski definition) is 23. The Hall–Kier alpha value is -5.68. The number of aliphatic hydroxyl groups excluding tert-OH is 10. The standard InChI is InChI=1S/C44H50O24/c1-59-25-9-17(3-6-21(25)48)4-8-31(50)61-16-30-34(53)37(56)41(68-43-39(58)36(55)33(52)29(15-46)66-43)44(67-30)64-27-13-20-23(62-40(27)18-5-7-22(49)26(10-18)60-2)11-19(47)12-24(20)63-42-38(57)35(54)32(51)28(14-45)65-42/h3-13,28-30,32-39,41-46,51-58H,14-16H2,1-2H3,(H2-,47,48,49,50)/p+1/t28?,29?,30?,32-,33-,34-,35+,36?,37?,38?,39-,41?,42-,43+,44-/m1/s1. The number of esters is 1. The van der Waals surface area contributed by atoms with Gasteiger partial charge in [-0.25, -0.2) is 9.21 Å². The van der Waals surface area contributed by atoms with Crippen molar-refractivity contribution in [1.29, 1.82) is 0 Å².